The maximum Gasteiger partial charge on any atom is 0.339 e. The quantitative estimate of drug-likeness (QED) is 0.789. The highest BCUT2D eigenvalue weighted by Crippen LogP contribution is 2.34. The minimum Gasteiger partial charge on any atom is -0.493 e. The highest BCUT2D eigenvalue weighted by molar-refractivity contribution is 5.91. The number of benzene rings is 1. The average Bonchev–Trinajstić information content (AvgIpc) is 2.61. The van der Waals surface area contributed by atoms with Crippen LogP contribution in [0.2, 0.25) is 0 Å². The molecule has 118 valence electrons. The number of nitrogens with zero attached hydrogens (tertiary/aromatic N) is 2. The SMILES string of the molecule is COC(=O)c1cnccc1C(C#N)c1ccc(OC)c(OC)c1. The molecule has 1 atom stereocenters. The van der Waals surface area contributed by atoms with Crippen LogP contribution in [0.1, 0.15) is 27.4 Å². The van der Waals surface area contributed by atoms with E-state index in [0.29, 0.717) is 22.6 Å². The summed E-state index contributed by atoms with van der Waals surface area (Å²) >= 11 is 0. The zero-order valence-corrected chi connectivity index (χ0v) is 13.1. The molecular weight excluding hydrogens is 296 g/mol. The normalized spacial score (nSPS) is 11.2. The lowest BCUT2D eigenvalue weighted by Crippen LogP contribution is -2.10. The van der Waals surface area contributed by atoms with E-state index in [9.17, 15) is 10.1 Å². The number of pyridine rings is 1. The molecule has 2 rings (SSSR count). The number of carbonyl (C=O) groups excluding carboxylic acids is 1. The summed E-state index contributed by atoms with van der Waals surface area (Å²) in [5.74, 6) is -0.115. The van der Waals surface area contributed by atoms with Gasteiger partial charge in [0.2, 0.25) is 0 Å². The Morgan fingerprint density at radius 2 is 1.91 bits per heavy atom. The highest BCUT2D eigenvalue weighted by Gasteiger charge is 2.22. The number of carbonyl (C=O) groups is 1. The van der Waals surface area contributed by atoms with Gasteiger partial charge in [-0.25, -0.2) is 4.79 Å². The second kappa shape index (κ2) is 7.27. The molecule has 0 aliphatic carbocycles. The molecule has 0 bridgehead atoms. The van der Waals surface area contributed by atoms with Crippen molar-refractivity contribution in [3.05, 3.63) is 53.3 Å². The zero-order chi connectivity index (χ0) is 16.8. The van der Waals surface area contributed by atoms with Gasteiger partial charge in [-0.15, -0.1) is 0 Å². The second-order valence-electron chi connectivity index (χ2n) is 4.63. The fraction of sp³-hybridized carbons (Fsp3) is 0.235. The Morgan fingerprint density at radius 1 is 1.17 bits per heavy atom. The van der Waals surface area contributed by atoms with E-state index >= 15 is 0 Å². The van der Waals surface area contributed by atoms with Gasteiger partial charge in [-0.1, -0.05) is 6.07 Å². The number of rotatable bonds is 5. The Kier molecular flexibility index (Phi) is 5.15. The topological polar surface area (TPSA) is 81.4 Å². The van der Waals surface area contributed by atoms with Crippen molar-refractivity contribution in [1.82, 2.24) is 4.98 Å². The predicted octanol–water partition coefficient (Wildman–Crippen LogP) is 2.54. The lowest BCUT2D eigenvalue weighted by Gasteiger charge is -2.15. The molecular formula is C17H16N2O4. The lowest BCUT2D eigenvalue weighted by atomic mass is 9.90. The molecule has 0 spiro atoms. The van der Waals surface area contributed by atoms with E-state index in [1.54, 1.807) is 24.3 Å². The summed E-state index contributed by atoms with van der Waals surface area (Å²) < 4.78 is 15.2. The number of aromatic nitrogens is 1. The van der Waals surface area contributed by atoms with Crippen LogP contribution in [0.25, 0.3) is 0 Å². The van der Waals surface area contributed by atoms with Crippen LogP contribution in [-0.4, -0.2) is 32.3 Å². The first-order valence-electron chi connectivity index (χ1n) is 6.80. The van der Waals surface area contributed by atoms with Crippen molar-refractivity contribution in [3.63, 3.8) is 0 Å². The number of nitriles is 1. The van der Waals surface area contributed by atoms with Gasteiger partial charge in [0.05, 0.1) is 38.9 Å². The zero-order valence-electron chi connectivity index (χ0n) is 13.1. The van der Waals surface area contributed by atoms with Crippen molar-refractivity contribution in [2.24, 2.45) is 0 Å². The molecule has 1 aromatic heterocycles. The van der Waals surface area contributed by atoms with Crippen LogP contribution in [0.4, 0.5) is 0 Å². The van der Waals surface area contributed by atoms with Gasteiger partial charge >= 0.3 is 5.97 Å². The number of ether oxygens (including phenoxy) is 3. The standard InChI is InChI=1S/C17H16N2O4/c1-21-15-5-4-11(8-16(15)22-2)13(9-18)12-6-7-19-10-14(12)17(20)23-3/h4-8,10,13H,1-3H3. The van der Waals surface area contributed by atoms with E-state index in [2.05, 4.69) is 11.1 Å². The largest absolute Gasteiger partial charge is 0.493 e. The van der Waals surface area contributed by atoms with Crippen molar-refractivity contribution in [2.45, 2.75) is 5.92 Å². The molecule has 0 saturated carbocycles. The van der Waals surface area contributed by atoms with Crippen molar-refractivity contribution in [1.29, 1.82) is 5.26 Å². The van der Waals surface area contributed by atoms with Crippen LogP contribution in [0.3, 0.4) is 0 Å². The van der Waals surface area contributed by atoms with Gasteiger partial charge in [0.25, 0.3) is 0 Å². The van der Waals surface area contributed by atoms with Crippen molar-refractivity contribution < 1.29 is 19.0 Å². The lowest BCUT2D eigenvalue weighted by molar-refractivity contribution is 0.0599. The van der Waals surface area contributed by atoms with Crippen LogP contribution in [0.15, 0.2) is 36.7 Å². The average molecular weight is 312 g/mol. The second-order valence-corrected chi connectivity index (χ2v) is 4.63. The Balaban J connectivity index is 2.54. The molecule has 0 amide bonds. The molecule has 1 heterocycles. The Labute approximate surface area is 134 Å². The molecule has 0 saturated heterocycles. The van der Waals surface area contributed by atoms with E-state index in [1.807, 2.05) is 0 Å². The van der Waals surface area contributed by atoms with Gasteiger partial charge in [-0.2, -0.15) is 5.26 Å². The summed E-state index contributed by atoms with van der Waals surface area (Å²) in [4.78, 5) is 15.8. The third-order valence-electron chi connectivity index (χ3n) is 3.44. The molecule has 1 aromatic carbocycles. The minimum absolute atomic E-state index is 0.260. The van der Waals surface area contributed by atoms with Gasteiger partial charge in [0.1, 0.15) is 0 Å². The molecule has 2 aromatic rings. The number of hydrogen-bond acceptors (Lipinski definition) is 6. The summed E-state index contributed by atoms with van der Waals surface area (Å²) in [5, 5.41) is 9.61. The molecule has 6 nitrogen and oxygen atoms in total. The van der Waals surface area contributed by atoms with Crippen LogP contribution < -0.4 is 9.47 Å². The molecule has 6 heteroatoms. The summed E-state index contributed by atoms with van der Waals surface area (Å²) in [5.41, 5.74) is 1.47. The first-order valence-corrected chi connectivity index (χ1v) is 6.80. The molecule has 1 unspecified atom stereocenters. The Morgan fingerprint density at radius 3 is 2.52 bits per heavy atom. The minimum atomic E-state index is -0.660. The van der Waals surface area contributed by atoms with Crippen molar-refractivity contribution in [2.75, 3.05) is 21.3 Å². The predicted molar refractivity (Wildman–Crippen MR) is 82.6 cm³/mol. The fourth-order valence-electron chi connectivity index (χ4n) is 2.29. The molecule has 0 N–H and O–H groups in total. The smallest absolute Gasteiger partial charge is 0.339 e. The highest BCUT2D eigenvalue weighted by atomic mass is 16.5. The Bertz CT molecular complexity index is 752. The molecule has 0 aliphatic heterocycles. The first kappa shape index (κ1) is 16.3. The fourth-order valence-corrected chi connectivity index (χ4v) is 2.29. The van der Waals surface area contributed by atoms with Crippen LogP contribution in [0.5, 0.6) is 11.5 Å². The van der Waals surface area contributed by atoms with Gasteiger partial charge in [-0.05, 0) is 29.3 Å². The van der Waals surface area contributed by atoms with E-state index in [1.165, 1.54) is 33.7 Å². The molecule has 0 fully saturated rings. The maximum atomic E-state index is 11.9. The Hall–Kier alpha value is -3.07. The molecule has 0 aliphatic rings. The summed E-state index contributed by atoms with van der Waals surface area (Å²) in [6.45, 7) is 0. The van der Waals surface area contributed by atoms with Crippen LogP contribution in [-0.2, 0) is 4.74 Å². The van der Waals surface area contributed by atoms with Gasteiger partial charge < -0.3 is 14.2 Å². The molecule has 0 radical (unpaired) electrons. The maximum absolute atomic E-state index is 11.9. The van der Waals surface area contributed by atoms with E-state index in [-0.39, 0.29) is 5.56 Å². The van der Waals surface area contributed by atoms with Crippen molar-refractivity contribution in [3.8, 4) is 17.6 Å². The number of esters is 1. The van der Waals surface area contributed by atoms with E-state index < -0.39 is 11.9 Å². The van der Waals surface area contributed by atoms with Gasteiger partial charge in [0, 0.05) is 12.4 Å². The number of methoxy groups -OCH3 is 3. The first-order chi connectivity index (χ1) is 11.2. The van der Waals surface area contributed by atoms with Gasteiger partial charge in [0.15, 0.2) is 11.5 Å². The van der Waals surface area contributed by atoms with Crippen LogP contribution >= 0.6 is 0 Å². The van der Waals surface area contributed by atoms with Crippen molar-refractivity contribution >= 4 is 5.97 Å². The monoisotopic (exact) mass is 312 g/mol. The van der Waals surface area contributed by atoms with E-state index in [0.717, 1.165) is 0 Å². The third kappa shape index (κ3) is 3.24. The summed E-state index contributed by atoms with van der Waals surface area (Å²) in [7, 11) is 4.35. The summed E-state index contributed by atoms with van der Waals surface area (Å²) in [6.07, 6.45) is 2.93. The van der Waals surface area contributed by atoms with Crippen LogP contribution in [0, 0.1) is 11.3 Å². The number of hydrogen-bond donors (Lipinski definition) is 0. The third-order valence-corrected chi connectivity index (χ3v) is 3.44. The van der Waals surface area contributed by atoms with Gasteiger partial charge in [-0.3, -0.25) is 4.98 Å². The summed E-state index contributed by atoms with van der Waals surface area (Å²) in [6, 6.07) is 9.04. The molecule has 23 heavy (non-hydrogen) atoms. The van der Waals surface area contributed by atoms with E-state index in [4.69, 9.17) is 14.2 Å².